The molecule has 0 heterocycles. The van der Waals surface area contributed by atoms with Crippen LogP contribution in [-0.2, 0) is 15.8 Å². The number of benzene rings is 1. The summed E-state index contributed by atoms with van der Waals surface area (Å²) in [6.07, 6.45) is 2.36. The van der Waals surface area contributed by atoms with Gasteiger partial charge < -0.3 is 13.9 Å². The number of hydrogen-bond acceptors (Lipinski definition) is 3. The van der Waals surface area contributed by atoms with E-state index in [2.05, 4.69) is 56.5 Å². The first-order chi connectivity index (χ1) is 11.2. The maximum Gasteiger partial charge on any atom is 0.192 e. The molecule has 0 bridgehead atoms. The summed E-state index contributed by atoms with van der Waals surface area (Å²) >= 11 is 2.43. The molecule has 138 valence electrons. The third-order valence-corrected chi connectivity index (χ3v) is 9.87. The van der Waals surface area contributed by atoms with Crippen molar-refractivity contribution in [2.24, 2.45) is 0 Å². The molecule has 1 aromatic carbocycles. The van der Waals surface area contributed by atoms with Gasteiger partial charge in [-0.05, 0) is 48.7 Å². The summed E-state index contributed by atoms with van der Waals surface area (Å²) in [5, 5.41) is 0.250. The Labute approximate surface area is 162 Å². The number of halogens is 1. The lowest BCUT2D eigenvalue weighted by molar-refractivity contribution is 0.0766. The van der Waals surface area contributed by atoms with Crippen LogP contribution in [0.5, 0.6) is 5.75 Å². The topological polar surface area (TPSA) is 27.7 Å². The van der Waals surface area contributed by atoms with E-state index < -0.39 is 8.32 Å². The second-order valence-corrected chi connectivity index (χ2v) is 13.5. The van der Waals surface area contributed by atoms with E-state index in [0.29, 0.717) is 12.7 Å². The van der Waals surface area contributed by atoms with Gasteiger partial charge in [-0.15, -0.1) is 0 Å². The van der Waals surface area contributed by atoms with Gasteiger partial charge in [-0.2, -0.15) is 0 Å². The number of methoxy groups -OCH3 is 1. The highest BCUT2D eigenvalue weighted by molar-refractivity contribution is 14.1. The molecule has 5 heteroatoms. The standard InChI is InChI=1S/C19H33IO3Si/c1-19(2,3)24(5,6)23-18(11-13-20)12-14-22-15-16-7-9-17(21-4)10-8-16/h7-10,18H,11-15H2,1-6H3/t18-/m1/s1. The zero-order valence-electron chi connectivity index (χ0n) is 16.0. The molecule has 0 N–H and O–H groups in total. The fourth-order valence-corrected chi connectivity index (χ4v) is 4.22. The predicted octanol–water partition coefficient (Wildman–Crippen LogP) is 5.82. The first-order valence-corrected chi connectivity index (χ1v) is 13.1. The molecule has 24 heavy (non-hydrogen) atoms. The predicted molar refractivity (Wildman–Crippen MR) is 113 cm³/mol. The Hall–Kier alpha value is -0.113. The van der Waals surface area contributed by atoms with Crippen molar-refractivity contribution in [1.29, 1.82) is 0 Å². The summed E-state index contributed by atoms with van der Waals surface area (Å²) in [6, 6.07) is 8.04. The molecule has 0 aliphatic carbocycles. The lowest BCUT2D eigenvalue weighted by Gasteiger charge is -2.39. The molecule has 0 fully saturated rings. The Bertz CT molecular complexity index is 468. The molecule has 0 aliphatic rings. The SMILES string of the molecule is COc1ccc(COCC[C@@H](CCI)O[Si](C)(C)C(C)(C)C)cc1. The van der Waals surface area contributed by atoms with Crippen LogP contribution in [0.1, 0.15) is 39.2 Å². The summed E-state index contributed by atoms with van der Waals surface area (Å²) < 4.78 is 18.7. The molecule has 0 unspecified atom stereocenters. The first kappa shape index (κ1) is 21.9. The van der Waals surface area contributed by atoms with Gasteiger partial charge in [-0.1, -0.05) is 55.5 Å². The van der Waals surface area contributed by atoms with Crippen molar-refractivity contribution < 1.29 is 13.9 Å². The normalized spacial score (nSPS) is 13.8. The van der Waals surface area contributed by atoms with Gasteiger partial charge in [-0.25, -0.2) is 0 Å². The van der Waals surface area contributed by atoms with Gasteiger partial charge in [0, 0.05) is 17.1 Å². The maximum atomic E-state index is 6.56. The average molecular weight is 464 g/mol. The molecule has 0 radical (unpaired) electrons. The van der Waals surface area contributed by atoms with Gasteiger partial charge >= 0.3 is 0 Å². The fraction of sp³-hybridized carbons (Fsp3) is 0.684. The smallest absolute Gasteiger partial charge is 0.192 e. The van der Waals surface area contributed by atoms with E-state index in [4.69, 9.17) is 13.9 Å². The Morgan fingerprint density at radius 1 is 1.08 bits per heavy atom. The Balaban J connectivity index is 2.43. The second kappa shape index (κ2) is 10.1. The van der Waals surface area contributed by atoms with Gasteiger partial charge in [0.2, 0.25) is 0 Å². The van der Waals surface area contributed by atoms with Crippen LogP contribution in [0.2, 0.25) is 18.1 Å². The summed E-state index contributed by atoms with van der Waals surface area (Å²) in [4.78, 5) is 0. The number of hydrogen-bond donors (Lipinski definition) is 0. The fourth-order valence-electron chi connectivity index (χ4n) is 2.10. The molecular weight excluding hydrogens is 431 g/mol. The van der Waals surface area contributed by atoms with Crippen LogP contribution >= 0.6 is 22.6 Å². The van der Waals surface area contributed by atoms with E-state index in [9.17, 15) is 0 Å². The maximum absolute atomic E-state index is 6.56. The first-order valence-electron chi connectivity index (χ1n) is 8.64. The molecule has 0 amide bonds. The Morgan fingerprint density at radius 2 is 1.71 bits per heavy atom. The number of alkyl halides is 1. The molecule has 3 nitrogen and oxygen atoms in total. The third-order valence-electron chi connectivity index (χ3n) is 4.71. The van der Waals surface area contributed by atoms with E-state index in [0.717, 1.165) is 29.6 Å². The molecule has 1 aromatic rings. The minimum Gasteiger partial charge on any atom is -0.497 e. The van der Waals surface area contributed by atoms with Crippen molar-refractivity contribution in [1.82, 2.24) is 0 Å². The molecule has 1 rings (SSSR count). The molecule has 0 spiro atoms. The van der Waals surface area contributed by atoms with Crippen LogP contribution < -0.4 is 4.74 Å². The van der Waals surface area contributed by atoms with Crippen LogP contribution in [0.4, 0.5) is 0 Å². The minimum absolute atomic E-state index is 0.250. The molecule has 0 aliphatic heterocycles. The van der Waals surface area contributed by atoms with E-state index >= 15 is 0 Å². The van der Waals surface area contributed by atoms with E-state index in [1.54, 1.807) is 7.11 Å². The van der Waals surface area contributed by atoms with Gasteiger partial charge in [0.15, 0.2) is 8.32 Å². The largest absolute Gasteiger partial charge is 0.497 e. The molecule has 0 saturated heterocycles. The highest BCUT2D eigenvalue weighted by atomic mass is 127. The zero-order valence-corrected chi connectivity index (χ0v) is 19.2. The third kappa shape index (κ3) is 7.41. The molecule has 1 atom stereocenters. The summed E-state index contributed by atoms with van der Waals surface area (Å²) in [5.74, 6) is 0.878. The van der Waals surface area contributed by atoms with Gasteiger partial charge in [0.05, 0.1) is 13.7 Å². The monoisotopic (exact) mass is 464 g/mol. The zero-order chi connectivity index (χ0) is 18.2. The van der Waals surface area contributed by atoms with Gasteiger partial charge in [0.1, 0.15) is 5.75 Å². The highest BCUT2D eigenvalue weighted by Gasteiger charge is 2.38. The second-order valence-electron chi connectivity index (χ2n) is 7.67. The summed E-state index contributed by atoms with van der Waals surface area (Å²) in [6.45, 7) is 12.9. The molecular formula is C19H33IO3Si. The Morgan fingerprint density at radius 3 is 2.21 bits per heavy atom. The highest BCUT2D eigenvalue weighted by Crippen LogP contribution is 2.38. The molecule has 0 saturated carbocycles. The summed E-state index contributed by atoms with van der Waals surface area (Å²) in [7, 11) is -0.0310. The van der Waals surface area contributed by atoms with Crippen LogP contribution in [0.15, 0.2) is 24.3 Å². The number of ether oxygens (including phenoxy) is 2. The van der Waals surface area contributed by atoms with E-state index in [-0.39, 0.29) is 5.04 Å². The van der Waals surface area contributed by atoms with Crippen molar-refractivity contribution in [3.05, 3.63) is 29.8 Å². The van der Waals surface area contributed by atoms with E-state index in [1.165, 1.54) is 5.56 Å². The lowest BCUT2D eigenvalue weighted by Crippen LogP contribution is -2.44. The number of rotatable bonds is 10. The minimum atomic E-state index is -1.71. The van der Waals surface area contributed by atoms with Crippen molar-refractivity contribution >= 4 is 30.9 Å². The van der Waals surface area contributed by atoms with Crippen molar-refractivity contribution in [3.63, 3.8) is 0 Å². The lowest BCUT2D eigenvalue weighted by atomic mass is 10.2. The van der Waals surface area contributed by atoms with Crippen molar-refractivity contribution in [2.45, 2.75) is 64.5 Å². The van der Waals surface area contributed by atoms with Crippen LogP contribution in [0, 0.1) is 0 Å². The van der Waals surface area contributed by atoms with Crippen molar-refractivity contribution in [3.8, 4) is 5.75 Å². The van der Waals surface area contributed by atoms with Gasteiger partial charge in [0.25, 0.3) is 0 Å². The Kier molecular flexibility index (Phi) is 9.26. The van der Waals surface area contributed by atoms with Crippen LogP contribution in [0.3, 0.4) is 0 Å². The molecule has 0 aromatic heterocycles. The summed E-state index contributed by atoms with van der Waals surface area (Å²) in [5.41, 5.74) is 1.17. The quantitative estimate of drug-likeness (QED) is 0.189. The van der Waals surface area contributed by atoms with Crippen LogP contribution in [0.25, 0.3) is 0 Å². The van der Waals surface area contributed by atoms with Crippen molar-refractivity contribution in [2.75, 3.05) is 18.1 Å². The van der Waals surface area contributed by atoms with Gasteiger partial charge in [-0.3, -0.25) is 0 Å². The van der Waals surface area contributed by atoms with Crippen LogP contribution in [-0.4, -0.2) is 32.6 Å². The van der Waals surface area contributed by atoms with E-state index in [1.807, 2.05) is 24.3 Å². The average Bonchev–Trinajstić information content (AvgIpc) is 2.51.